The van der Waals surface area contributed by atoms with Crippen molar-refractivity contribution in [1.82, 2.24) is 14.9 Å². The van der Waals surface area contributed by atoms with E-state index in [1.807, 2.05) is 36.1 Å². The Morgan fingerprint density at radius 3 is 2.59 bits per heavy atom. The van der Waals surface area contributed by atoms with Crippen LogP contribution >= 0.6 is 0 Å². The van der Waals surface area contributed by atoms with Crippen molar-refractivity contribution in [3.8, 4) is 0 Å². The molecule has 1 aromatic carbocycles. The molecule has 1 aromatic heterocycles. The molecule has 2 aliphatic rings. The van der Waals surface area contributed by atoms with Gasteiger partial charge in [0.05, 0.1) is 17.8 Å². The van der Waals surface area contributed by atoms with Crippen molar-refractivity contribution in [1.29, 1.82) is 0 Å². The van der Waals surface area contributed by atoms with Gasteiger partial charge in [0.25, 0.3) is 0 Å². The van der Waals surface area contributed by atoms with Crippen molar-refractivity contribution in [2.75, 3.05) is 31.1 Å². The van der Waals surface area contributed by atoms with E-state index in [9.17, 15) is 9.90 Å². The minimum atomic E-state index is -0.525. The number of anilines is 1. The Bertz CT molecular complexity index is 877. The summed E-state index contributed by atoms with van der Waals surface area (Å²) in [5.41, 5.74) is 10.3. The molecule has 2 heterocycles. The van der Waals surface area contributed by atoms with Gasteiger partial charge in [0.15, 0.2) is 0 Å². The number of aryl methyl sites for hydroxylation is 1. The molecular weight excluding hydrogens is 366 g/mol. The number of hydrogen-bond donors (Lipinski definition) is 2. The van der Waals surface area contributed by atoms with Crippen LogP contribution in [0.2, 0.25) is 0 Å². The Kier molecular flexibility index (Phi) is 5.52. The molecule has 7 heteroatoms. The number of rotatable bonds is 4. The summed E-state index contributed by atoms with van der Waals surface area (Å²) in [6.07, 6.45) is 2.26. The second-order valence-electron chi connectivity index (χ2n) is 8.26. The predicted molar refractivity (Wildman–Crippen MR) is 112 cm³/mol. The molecular formula is C22H29N5O2. The fourth-order valence-electron chi connectivity index (χ4n) is 4.39. The van der Waals surface area contributed by atoms with Crippen molar-refractivity contribution in [2.45, 2.75) is 44.8 Å². The summed E-state index contributed by atoms with van der Waals surface area (Å²) in [6.45, 7) is 6.80. The maximum absolute atomic E-state index is 12.8. The number of aliphatic hydroxyl groups is 1. The number of carbonyl (C=O) groups excluding carboxylic acids is 1. The van der Waals surface area contributed by atoms with E-state index in [1.54, 1.807) is 0 Å². The first kappa shape index (κ1) is 19.8. The highest BCUT2D eigenvalue weighted by atomic mass is 16.3. The molecule has 0 bridgehead atoms. The summed E-state index contributed by atoms with van der Waals surface area (Å²) >= 11 is 0. The van der Waals surface area contributed by atoms with Crippen molar-refractivity contribution in [2.24, 2.45) is 5.73 Å². The fraction of sp³-hybridized carbons (Fsp3) is 0.500. The van der Waals surface area contributed by atoms with E-state index in [2.05, 4.69) is 21.8 Å². The SMILES string of the molecule is Cc1ccc(C[C@@H](N)C(=O)N2CCN(c3ncnc4c3[C@H](C)C[C@H]4O)CC2)cc1. The van der Waals surface area contributed by atoms with Crippen LogP contribution in [0.15, 0.2) is 30.6 Å². The quantitative estimate of drug-likeness (QED) is 0.815. The first-order valence-corrected chi connectivity index (χ1v) is 10.3. The summed E-state index contributed by atoms with van der Waals surface area (Å²) in [4.78, 5) is 25.7. The van der Waals surface area contributed by atoms with E-state index < -0.39 is 12.1 Å². The van der Waals surface area contributed by atoms with Gasteiger partial charge in [-0.15, -0.1) is 0 Å². The summed E-state index contributed by atoms with van der Waals surface area (Å²) in [6, 6.07) is 7.63. The lowest BCUT2D eigenvalue weighted by Crippen LogP contribution is -2.54. The highest BCUT2D eigenvalue weighted by molar-refractivity contribution is 5.82. The van der Waals surface area contributed by atoms with Crippen LogP contribution < -0.4 is 10.6 Å². The van der Waals surface area contributed by atoms with Gasteiger partial charge in [-0.2, -0.15) is 0 Å². The fourth-order valence-corrected chi connectivity index (χ4v) is 4.39. The Hall–Kier alpha value is -2.51. The van der Waals surface area contributed by atoms with E-state index in [0.717, 1.165) is 22.6 Å². The van der Waals surface area contributed by atoms with Gasteiger partial charge in [-0.25, -0.2) is 9.97 Å². The normalized spacial score (nSPS) is 22.5. The first-order chi connectivity index (χ1) is 13.9. The molecule has 7 nitrogen and oxygen atoms in total. The standard InChI is InChI=1S/C22H29N5O2/c1-14-3-5-16(6-4-14)12-17(23)22(29)27-9-7-26(8-10-27)21-19-15(2)11-18(28)20(19)24-13-25-21/h3-6,13,15,17-18,28H,7-12,23H2,1-2H3/t15-,17-,18-/m1/s1. The van der Waals surface area contributed by atoms with Gasteiger partial charge in [-0.05, 0) is 31.2 Å². The molecule has 0 saturated carbocycles. The molecule has 1 saturated heterocycles. The lowest BCUT2D eigenvalue weighted by Gasteiger charge is -2.37. The summed E-state index contributed by atoms with van der Waals surface area (Å²) in [5.74, 6) is 1.14. The minimum Gasteiger partial charge on any atom is -0.387 e. The Balaban J connectivity index is 1.38. The number of hydrogen-bond acceptors (Lipinski definition) is 6. The van der Waals surface area contributed by atoms with E-state index in [-0.39, 0.29) is 11.8 Å². The topological polar surface area (TPSA) is 95.6 Å². The van der Waals surface area contributed by atoms with Gasteiger partial charge in [0, 0.05) is 31.7 Å². The molecule has 0 spiro atoms. The van der Waals surface area contributed by atoms with Crippen molar-refractivity contribution >= 4 is 11.7 Å². The average Bonchev–Trinajstić information content (AvgIpc) is 3.03. The van der Waals surface area contributed by atoms with Crippen LogP contribution in [0.5, 0.6) is 0 Å². The van der Waals surface area contributed by atoms with Crippen LogP contribution in [-0.2, 0) is 11.2 Å². The van der Waals surface area contributed by atoms with Crippen LogP contribution in [-0.4, -0.2) is 58.1 Å². The molecule has 0 radical (unpaired) electrons. The molecule has 1 amide bonds. The first-order valence-electron chi connectivity index (χ1n) is 10.3. The zero-order valence-electron chi connectivity index (χ0n) is 17.1. The summed E-state index contributed by atoms with van der Waals surface area (Å²) in [7, 11) is 0. The lowest BCUT2D eigenvalue weighted by atomic mass is 10.0. The number of nitrogens with two attached hydrogens (primary N) is 1. The predicted octanol–water partition coefficient (Wildman–Crippen LogP) is 1.54. The van der Waals surface area contributed by atoms with Gasteiger partial charge in [-0.1, -0.05) is 36.8 Å². The Labute approximate surface area is 171 Å². The largest absolute Gasteiger partial charge is 0.387 e. The molecule has 3 N–H and O–H groups in total. The third kappa shape index (κ3) is 3.97. The number of piperazine rings is 1. The van der Waals surface area contributed by atoms with Crippen LogP contribution in [0.1, 0.15) is 47.8 Å². The average molecular weight is 396 g/mol. The Morgan fingerprint density at radius 2 is 1.90 bits per heavy atom. The second-order valence-corrected chi connectivity index (χ2v) is 8.26. The van der Waals surface area contributed by atoms with Gasteiger partial charge < -0.3 is 20.6 Å². The summed E-state index contributed by atoms with van der Waals surface area (Å²) < 4.78 is 0. The summed E-state index contributed by atoms with van der Waals surface area (Å²) in [5, 5.41) is 10.2. The number of carbonyl (C=O) groups is 1. The van der Waals surface area contributed by atoms with Gasteiger partial charge >= 0.3 is 0 Å². The minimum absolute atomic E-state index is 0.00179. The number of nitrogens with zero attached hydrogens (tertiary/aromatic N) is 4. The molecule has 4 rings (SSSR count). The maximum atomic E-state index is 12.8. The van der Waals surface area contributed by atoms with Crippen LogP contribution in [0, 0.1) is 6.92 Å². The van der Waals surface area contributed by atoms with Gasteiger partial charge in [0.1, 0.15) is 12.1 Å². The highest BCUT2D eigenvalue weighted by Gasteiger charge is 2.34. The van der Waals surface area contributed by atoms with Crippen LogP contribution in [0.25, 0.3) is 0 Å². The zero-order chi connectivity index (χ0) is 20.5. The van der Waals surface area contributed by atoms with E-state index in [4.69, 9.17) is 5.73 Å². The molecule has 1 aliphatic carbocycles. The second kappa shape index (κ2) is 8.08. The number of aliphatic hydroxyl groups excluding tert-OH is 1. The van der Waals surface area contributed by atoms with E-state index in [0.29, 0.717) is 39.0 Å². The third-order valence-electron chi connectivity index (χ3n) is 6.06. The number of fused-ring (bicyclic) bond motifs is 1. The molecule has 1 fully saturated rings. The molecule has 3 atom stereocenters. The molecule has 154 valence electrons. The molecule has 29 heavy (non-hydrogen) atoms. The van der Waals surface area contributed by atoms with Gasteiger partial charge in [0.2, 0.25) is 5.91 Å². The smallest absolute Gasteiger partial charge is 0.239 e. The number of aromatic nitrogens is 2. The zero-order valence-corrected chi connectivity index (χ0v) is 17.1. The maximum Gasteiger partial charge on any atom is 0.239 e. The van der Waals surface area contributed by atoms with E-state index in [1.165, 1.54) is 11.9 Å². The van der Waals surface area contributed by atoms with Gasteiger partial charge in [-0.3, -0.25) is 4.79 Å². The highest BCUT2D eigenvalue weighted by Crippen LogP contribution is 2.42. The van der Waals surface area contributed by atoms with Crippen molar-refractivity contribution in [3.63, 3.8) is 0 Å². The van der Waals surface area contributed by atoms with Crippen molar-refractivity contribution in [3.05, 3.63) is 53.0 Å². The molecule has 2 aromatic rings. The van der Waals surface area contributed by atoms with Crippen LogP contribution in [0.4, 0.5) is 5.82 Å². The van der Waals surface area contributed by atoms with E-state index >= 15 is 0 Å². The third-order valence-corrected chi connectivity index (χ3v) is 6.06. The van der Waals surface area contributed by atoms with Crippen molar-refractivity contribution < 1.29 is 9.90 Å². The molecule has 0 unspecified atom stereocenters. The lowest BCUT2D eigenvalue weighted by molar-refractivity contribution is -0.132. The number of amides is 1. The number of benzene rings is 1. The Morgan fingerprint density at radius 1 is 1.21 bits per heavy atom. The van der Waals surface area contributed by atoms with Crippen LogP contribution in [0.3, 0.4) is 0 Å². The molecule has 1 aliphatic heterocycles. The monoisotopic (exact) mass is 395 g/mol.